The van der Waals surface area contributed by atoms with Crippen LogP contribution in [-0.4, -0.2) is 15.7 Å². The number of carbonyl (C=O) groups is 1. The van der Waals surface area contributed by atoms with Crippen molar-refractivity contribution in [1.29, 1.82) is 0 Å². The molecule has 0 radical (unpaired) electrons. The maximum Gasteiger partial charge on any atom is 0.175 e. The van der Waals surface area contributed by atoms with Crippen LogP contribution >= 0.6 is 0 Å². The molecule has 0 heterocycles. The number of Topliss-reactive ketones (excluding diaryl/α,β-unsaturated/α-hetero) is 1. The second-order valence-electron chi connectivity index (χ2n) is 4.09. The third kappa shape index (κ3) is 3.14. The van der Waals surface area contributed by atoms with E-state index in [2.05, 4.69) is 0 Å². The Morgan fingerprint density at radius 3 is 2.22 bits per heavy atom. The minimum atomic E-state index is -1.27. The van der Waals surface area contributed by atoms with E-state index in [1.165, 1.54) is 0 Å². The van der Waals surface area contributed by atoms with Gasteiger partial charge in [-0.05, 0) is 19.1 Å². The molecule has 0 aliphatic rings. The van der Waals surface area contributed by atoms with Crippen molar-refractivity contribution in [3.8, 4) is 0 Å². The number of hydrogen-bond acceptors (Lipinski definition) is 2. The molecule has 3 heteroatoms. The molecule has 2 nitrogen and oxygen atoms in total. The van der Waals surface area contributed by atoms with Crippen molar-refractivity contribution < 1.29 is 9.00 Å². The van der Waals surface area contributed by atoms with E-state index in [-0.39, 0.29) is 11.5 Å². The second kappa shape index (κ2) is 5.74. The fourth-order valence-electron chi connectivity index (χ4n) is 1.60. The molecule has 1 unspecified atom stereocenters. The van der Waals surface area contributed by atoms with E-state index in [0.29, 0.717) is 10.5 Å². The molecule has 18 heavy (non-hydrogen) atoms. The fraction of sp³-hybridized carbons (Fsp3) is 0.133. The highest BCUT2D eigenvalue weighted by Gasteiger charge is 2.11. The molecule has 0 bridgehead atoms. The Bertz CT molecular complexity index is 559. The lowest BCUT2D eigenvalue weighted by Crippen LogP contribution is -2.10. The SMILES string of the molecule is Cc1ccc(S(=O)CC(=O)c2ccccc2)cc1. The van der Waals surface area contributed by atoms with Crippen LogP contribution in [-0.2, 0) is 10.8 Å². The molecule has 0 aromatic heterocycles. The lowest BCUT2D eigenvalue weighted by molar-refractivity contribution is 0.102. The fourth-order valence-corrected chi connectivity index (χ4v) is 2.61. The van der Waals surface area contributed by atoms with Gasteiger partial charge < -0.3 is 0 Å². The molecule has 2 aromatic carbocycles. The molecular formula is C15H14O2S. The van der Waals surface area contributed by atoms with Crippen LogP contribution in [0.3, 0.4) is 0 Å². The van der Waals surface area contributed by atoms with Crippen molar-refractivity contribution >= 4 is 16.6 Å². The summed E-state index contributed by atoms with van der Waals surface area (Å²) in [5, 5.41) is 0. The van der Waals surface area contributed by atoms with E-state index < -0.39 is 10.8 Å². The monoisotopic (exact) mass is 258 g/mol. The van der Waals surface area contributed by atoms with Gasteiger partial charge in [0.25, 0.3) is 0 Å². The normalized spacial score (nSPS) is 12.1. The largest absolute Gasteiger partial charge is 0.293 e. The van der Waals surface area contributed by atoms with E-state index in [9.17, 15) is 9.00 Å². The molecule has 92 valence electrons. The average Bonchev–Trinajstić information content (AvgIpc) is 2.40. The Kier molecular flexibility index (Phi) is 4.05. The number of ketones is 1. The topological polar surface area (TPSA) is 34.1 Å². The predicted molar refractivity (Wildman–Crippen MR) is 73.2 cm³/mol. The average molecular weight is 258 g/mol. The third-order valence-electron chi connectivity index (χ3n) is 2.64. The van der Waals surface area contributed by atoms with E-state index in [0.717, 1.165) is 5.56 Å². The van der Waals surface area contributed by atoms with Gasteiger partial charge in [0, 0.05) is 10.5 Å². The van der Waals surface area contributed by atoms with Crippen molar-refractivity contribution in [3.05, 3.63) is 65.7 Å². The predicted octanol–water partition coefficient (Wildman–Crippen LogP) is 2.99. The van der Waals surface area contributed by atoms with E-state index in [1.807, 2.05) is 49.4 Å². The minimum Gasteiger partial charge on any atom is -0.293 e. The molecule has 2 aromatic rings. The first-order valence-corrected chi connectivity index (χ1v) is 7.02. The Morgan fingerprint density at radius 2 is 1.61 bits per heavy atom. The summed E-state index contributed by atoms with van der Waals surface area (Å²) in [4.78, 5) is 12.6. The zero-order chi connectivity index (χ0) is 13.0. The Morgan fingerprint density at radius 1 is 1.00 bits per heavy atom. The van der Waals surface area contributed by atoms with Crippen LogP contribution in [0.1, 0.15) is 15.9 Å². The quantitative estimate of drug-likeness (QED) is 0.790. The molecular weight excluding hydrogens is 244 g/mol. The molecule has 0 fully saturated rings. The summed E-state index contributed by atoms with van der Waals surface area (Å²) < 4.78 is 12.0. The number of hydrogen-bond donors (Lipinski definition) is 0. The van der Waals surface area contributed by atoms with Crippen LogP contribution in [0.25, 0.3) is 0 Å². The number of aryl methyl sites for hydroxylation is 1. The van der Waals surface area contributed by atoms with Gasteiger partial charge in [0.15, 0.2) is 5.78 Å². The van der Waals surface area contributed by atoms with Gasteiger partial charge in [-0.1, -0.05) is 48.0 Å². The minimum absolute atomic E-state index is 0.0348. The summed E-state index contributed by atoms with van der Waals surface area (Å²) in [6, 6.07) is 16.4. The van der Waals surface area contributed by atoms with Crippen LogP contribution in [0, 0.1) is 6.92 Å². The summed E-state index contributed by atoms with van der Waals surface area (Å²) in [5.41, 5.74) is 1.73. The maximum absolute atomic E-state index is 12.0. The van der Waals surface area contributed by atoms with Gasteiger partial charge >= 0.3 is 0 Å². The van der Waals surface area contributed by atoms with Crippen LogP contribution in [0.15, 0.2) is 59.5 Å². The van der Waals surface area contributed by atoms with Crippen LogP contribution in [0.4, 0.5) is 0 Å². The van der Waals surface area contributed by atoms with Crippen molar-refractivity contribution in [2.24, 2.45) is 0 Å². The third-order valence-corrected chi connectivity index (χ3v) is 3.96. The first kappa shape index (κ1) is 12.7. The standard InChI is InChI=1S/C15H14O2S/c1-12-7-9-14(10-8-12)18(17)11-15(16)13-5-3-2-4-6-13/h2-10H,11H2,1H3. The molecule has 0 N–H and O–H groups in total. The summed E-state index contributed by atoms with van der Waals surface area (Å²) in [6.07, 6.45) is 0. The summed E-state index contributed by atoms with van der Waals surface area (Å²) in [5.74, 6) is -0.0536. The number of benzene rings is 2. The zero-order valence-corrected chi connectivity index (χ0v) is 10.9. The number of carbonyl (C=O) groups excluding carboxylic acids is 1. The van der Waals surface area contributed by atoms with Crippen LogP contribution in [0.5, 0.6) is 0 Å². The molecule has 0 saturated heterocycles. The van der Waals surface area contributed by atoms with Gasteiger partial charge in [-0.15, -0.1) is 0 Å². The lowest BCUT2D eigenvalue weighted by Gasteiger charge is -2.02. The molecule has 0 aliphatic heterocycles. The second-order valence-corrected chi connectivity index (χ2v) is 5.54. The highest BCUT2D eigenvalue weighted by Crippen LogP contribution is 2.10. The van der Waals surface area contributed by atoms with Crippen LogP contribution < -0.4 is 0 Å². The first-order valence-electron chi connectivity index (χ1n) is 5.70. The smallest absolute Gasteiger partial charge is 0.175 e. The first-order chi connectivity index (χ1) is 8.66. The van der Waals surface area contributed by atoms with Gasteiger partial charge in [0.1, 0.15) is 0 Å². The molecule has 2 rings (SSSR count). The van der Waals surface area contributed by atoms with Gasteiger partial charge in [0.2, 0.25) is 0 Å². The van der Waals surface area contributed by atoms with Gasteiger partial charge in [-0.3, -0.25) is 9.00 Å². The van der Waals surface area contributed by atoms with E-state index >= 15 is 0 Å². The summed E-state index contributed by atoms with van der Waals surface area (Å²) in [7, 11) is -1.27. The van der Waals surface area contributed by atoms with Gasteiger partial charge in [0.05, 0.1) is 16.6 Å². The summed E-state index contributed by atoms with van der Waals surface area (Å²) in [6.45, 7) is 1.97. The maximum atomic E-state index is 12.0. The number of rotatable bonds is 4. The van der Waals surface area contributed by atoms with E-state index in [1.54, 1.807) is 12.1 Å². The highest BCUT2D eigenvalue weighted by molar-refractivity contribution is 7.85. The van der Waals surface area contributed by atoms with Crippen molar-refractivity contribution in [2.45, 2.75) is 11.8 Å². The molecule has 0 spiro atoms. The van der Waals surface area contributed by atoms with Gasteiger partial charge in [-0.25, -0.2) is 0 Å². The highest BCUT2D eigenvalue weighted by atomic mass is 32.2. The molecule has 1 atom stereocenters. The lowest BCUT2D eigenvalue weighted by atomic mass is 10.2. The van der Waals surface area contributed by atoms with Gasteiger partial charge in [-0.2, -0.15) is 0 Å². The molecule has 0 amide bonds. The van der Waals surface area contributed by atoms with Crippen molar-refractivity contribution in [3.63, 3.8) is 0 Å². The van der Waals surface area contributed by atoms with Crippen LogP contribution in [0.2, 0.25) is 0 Å². The van der Waals surface area contributed by atoms with E-state index in [4.69, 9.17) is 0 Å². The Balaban J connectivity index is 2.08. The molecule has 0 aliphatic carbocycles. The van der Waals surface area contributed by atoms with Crippen molar-refractivity contribution in [1.82, 2.24) is 0 Å². The zero-order valence-electron chi connectivity index (χ0n) is 10.1. The Labute approximate surface area is 109 Å². The Hall–Kier alpha value is -1.74. The summed E-state index contributed by atoms with van der Waals surface area (Å²) >= 11 is 0. The van der Waals surface area contributed by atoms with Crippen molar-refractivity contribution in [2.75, 3.05) is 5.75 Å². The molecule has 0 saturated carbocycles.